The molecule has 4 heteroatoms. The van der Waals surface area contributed by atoms with Gasteiger partial charge in [-0.2, -0.15) is 0 Å². The van der Waals surface area contributed by atoms with E-state index < -0.39 is 0 Å². The molecule has 0 bridgehead atoms. The summed E-state index contributed by atoms with van der Waals surface area (Å²) in [5.41, 5.74) is 0.918. The molecule has 94 valence electrons. The average molecular weight is 257 g/mol. The molecule has 1 aromatic rings. The Morgan fingerprint density at radius 3 is 2.82 bits per heavy atom. The fraction of sp³-hybridized carbons (Fsp3) is 0.538. The molecule has 1 fully saturated rings. The summed E-state index contributed by atoms with van der Waals surface area (Å²) in [4.78, 5) is 0. The molecule has 0 unspecified atom stereocenters. The first-order valence-corrected chi connectivity index (χ1v) is 6.30. The second-order valence-electron chi connectivity index (χ2n) is 4.18. The Hall–Kier alpha value is -0.930. The van der Waals surface area contributed by atoms with Crippen molar-refractivity contribution >= 4 is 11.6 Å². The zero-order chi connectivity index (χ0) is 12.1. The highest BCUT2D eigenvalue weighted by atomic mass is 35.5. The molecule has 17 heavy (non-hydrogen) atoms. The second-order valence-corrected chi connectivity index (χ2v) is 4.45. The monoisotopic (exact) mass is 256 g/mol. The van der Waals surface area contributed by atoms with Crippen LogP contribution in [0, 0.1) is 5.92 Å². The Labute approximate surface area is 107 Å². The number of rotatable bonds is 7. The van der Waals surface area contributed by atoms with E-state index in [0.29, 0.717) is 5.88 Å². The van der Waals surface area contributed by atoms with Gasteiger partial charge in [-0.1, -0.05) is 0 Å². The van der Waals surface area contributed by atoms with Crippen LogP contribution in [0.25, 0.3) is 0 Å². The normalized spacial score (nSPS) is 14.7. The van der Waals surface area contributed by atoms with Gasteiger partial charge in [0, 0.05) is 5.56 Å². The smallest absolute Gasteiger partial charge is 0.189 e. The second kappa shape index (κ2) is 6.12. The third kappa shape index (κ3) is 3.79. The standard InChI is InChI=1S/C13H17ClO3/c1-15-12-4-5-13(11(6-12)7-14)17-9-16-8-10-2-3-10/h4-6,10H,2-3,7-9H2,1H3. The van der Waals surface area contributed by atoms with Gasteiger partial charge in [-0.3, -0.25) is 0 Å². The van der Waals surface area contributed by atoms with Gasteiger partial charge < -0.3 is 14.2 Å². The van der Waals surface area contributed by atoms with Crippen LogP contribution in [0.1, 0.15) is 18.4 Å². The Bertz CT molecular complexity index is 364. The zero-order valence-corrected chi connectivity index (χ0v) is 10.7. The first-order valence-electron chi connectivity index (χ1n) is 5.77. The van der Waals surface area contributed by atoms with Gasteiger partial charge in [0.2, 0.25) is 0 Å². The lowest BCUT2D eigenvalue weighted by molar-refractivity contribution is 0.00954. The molecule has 0 saturated heterocycles. The Morgan fingerprint density at radius 2 is 2.18 bits per heavy atom. The molecule has 0 spiro atoms. The summed E-state index contributed by atoms with van der Waals surface area (Å²) in [7, 11) is 1.63. The van der Waals surface area contributed by atoms with E-state index in [2.05, 4.69) is 0 Å². The third-order valence-corrected chi connectivity index (χ3v) is 3.05. The average Bonchev–Trinajstić information content (AvgIpc) is 3.18. The van der Waals surface area contributed by atoms with Crippen molar-refractivity contribution in [2.45, 2.75) is 18.7 Å². The van der Waals surface area contributed by atoms with Crippen molar-refractivity contribution in [3.63, 3.8) is 0 Å². The lowest BCUT2D eigenvalue weighted by Crippen LogP contribution is -2.06. The summed E-state index contributed by atoms with van der Waals surface area (Å²) < 4.78 is 16.1. The first kappa shape index (κ1) is 12.5. The van der Waals surface area contributed by atoms with Crippen molar-refractivity contribution in [3.05, 3.63) is 23.8 Å². The minimum absolute atomic E-state index is 0.284. The van der Waals surface area contributed by atoms with Crippen molar-refractivity contribution in [3.8, 4) is 11.5 Å². The lowest BCUT2D eigenvalue weighted by atomic mass is 10.2. The Balaban J connectivity index is 1.84. The molecule has 0 N–H and O–H groups in total. The van der Waals surface area contributed by atoms with E-state index >= 15 is 0 Å². The van der Waals surface area contributed by atoms with Crippen LogP contribution in [-0.2, 0) is 10.6 Å². The maximum absolute atomic E-state index is 5.86. The van der Waals surface area contributed by atoms with Gasteiger partial charge in [-0.05, 0) is 37.0 Å². The number of methoxy groups -OCH3 is 1. The zero-order valence-electron chi connectivity index (χ0n) is 9.95. The van der Waals surface area contributed by atoms with Gasteiger partial charge >= 0.3 is 0 Å². The molecule has 1 aromatic carbocycles. The van der Waals surface area contributed by atoms with E-state index in [1.165, 1.54) is 12.8 Å². The van der Waals surface area contributed by atoms with Crippen LogP contribution in [0.5, 0.6) is 11.5 Å². The van der Waals surface area contributed by atoms with Crippen molar-refractivity contribution < 1.29 is 14.2 Å². The predicted molar refractivity (Wildman–Crippen MR) is 66.7 cm³/mol. The van der Waals surface area contributed by atoms with E-state index in [9.17, 15) is 0 Å². The fourth-order valence-electron chi connectivity index (χ4n) is 1.53. The van der Waals surface area contributed by atoms with E-state index in [0.717, 1.165) is 29.6 Å². The molecule has 2 rings (SSSR count). The van der Waals surface area contributed by atoms with Gasteiger partial charge in [0.25, 0.3) is 0 Å². The van der Waals surface area contributed by atoms with E-state index in [1.54, 1.807) is 7.11 Å². The third-order valence-electron chi connectivity index (χ3n) is 2.76. The highest BCUT2D eigenvalue weighted by Crippen LogP contribution is 2.29. The van der Waals surface area contributed by atoms with Gasteiger partial charge in [-0.25, -0.2) is 0 Å². The first-order chi connectivity index (χ1) is 8.33. The summed E-state index contributed by atoms with van der Waals surface area (Å²) in [6.45, 7) is 1.08. The Kier molecular flexibility index (Phi) is 4.51. The van der Waals surface area contributed by atoms with E-state index in [1.807, 2.05) is 18.2 Å². The van der Waals surface area contributed by atoms with Crippen LogP contribution < -0.4 is 9.47 Å². The maximum atomic E-state index is 5.86. The summed E-state index contributed by atoms with van der Waals surface area (Å²) in [5.74, 6) is 2.69. The number of benzene rings is 1. The van der Waals surface area contributed by atoms with Crippen LogP contribution in [0.2, 0.25) is 0 Å². The van der Waals surface area contributed by atoms with Crippen LogP contribution in [-0.4, -0.2) is 20.5 Å². The molecule has 0 heterocycles. The van der Waals surface area contributed by atoms with Crippen molar-refractivity contribution in [1.82, 2.24) is 0 Å². The van der Waals surface area contributed by atoms with Gasteiger partial charge in [0.15, 0.2) is 6.79 Å². The van der Waals surface area contributed by atoms with Gasteiger partial charge in [0.05, 0.1) is 19.6 Å². The highest BCUT2D eigenvalue weighted by molar-refractivity contribution is 6.17. The molecule has 0 amide bonds. The van der Waals surface area contributed by atoms with E-state index in [-0.39, 0.29) is 6.79 Å². The number of hydrogen-bond acceptors (Lipinski definition) is 3. The number of alkyl halides is 1. The topological polar surface area (TPSA) is 27.7 Å². The minimum Gasteiger partial charge on any atom is -0.497 e. The molecular formula is C13H17ClO3. The largest absolute Gasteiger partial charge is 0.497 e. The van der Waals surface area contributed by atoms with Crippen LogP contribution in [0.4, 0.5) is 0 Å². The lowest BCUT2D eigenvalue weighted by Gasteiger charge is -2.11. The summed E-state index contributed by atoms with van der Waals surface area (Å²) in [6.07, 6.45) is 2.57. The van der Waals surface area contributed by atoms with Gasteiger partial charge in [-0.15, -0.1) is 11.6 Å². The Morgan fingerprint density at radius 1 is 1.35 bits per heavy atom. The molecule has 0 atom stereocenters. The van der Waals surface area contributed by atoms with Crippen molar-refractivity contribution in [2.75, 3.05) is 20.5 Å². The number of ether oxygens (including phenoxy) is 3. The minimum atomic E-state index is 0.284. The number of hydrogen-bond donors (Lipinski definition) is 0. The number of halogens is 1. The van der Waals surface area contributed by atoms with Crippen molar-refractivity contribution in [2.24, 2.45) is 5.92 Å². The van der Waals surface area contributed by atoms with Crippen LogP contribution >= 0.6 is 11.6 Å². The highest BCUT2D eigenvalue weighted by Gasteiger charge is 2.21. The maximum Gasteiger partial charge on any atom is 0.189 e. The molecule has 0 aromatic heterocycles. The molecule has 3 nitrogen and oxygen atoms in total. The van der Waals surface area contributed by atoms with Crippen LogP contribution in [0.3, 0.4) is 0 Å². The van der Waals surface area contributed by atoms with Crippen LogP contribution in [0.15, 0.2) is 18.2 Å². The summed E-state index contributed by atoms with van der Waals surface area (Å²) in [6, 6.07) is 5.59. The summed E-state index contributed by atoms with van der Waals surface area (Å²) in [5, 5.41) is 0. The predicted octanol–water partition coefficient (Wildman–Crippen LogP) is 3.20. The molecule has 1 aliphatic rings. The molecular weight excluding hydrogens is 240 g/mol. The summed E-state index contributed by atoms with van der Waals surface area (Å²) >= 11 is 5.86. The molecule has 1 saturated carbocycles. The van der Waals surface area contributed by atoms with Crippen molar-refractivity contribution in [1.29, 1.82) is 0 Å². The fourth-order valence-corrected chi connectivity index (χ4v) is 1.74. The quantitative estimate of drug-likeness (QED) is 0.426. The molecule has 1 aliphatic carbocycles. The molecule has 0 radical (unpaired) electrons. The SMILES string of the molecule is COc1ccc(OCOCC2CC2)c(CCl)c1. The van der Waals surface area contributed by atoms with Gasteiger partial charge in [0.1, 0.15) is 11.5 Å². The van der Waals surface area contributed by atoms with E-state index in [4.69, 9.17) is 25.8 Å². The molecule has 0 aliphatic heterocycles.